The number of phosphoric acid groups is 2. The van der Waals surface area contributed by atoms with Gasteiger partial charge in [0.2, 0.25) is 0 Å². The van der Waals surface area contributed by atoms with Gasteiger partial charge in [0.05, 0.1) is 26.4 Å². The van der Waals surface area contributed by atoms with Crippen LogP contribution in [-0.2, 0) is 65.4 Å². The molecule has 19 heteroatoms. The first-order valence-electron chi connectivity index (χ1n) is 39.7. The van der Waals surface area contributed by atoms with Gasteiger partial charge in [-0.25, -0.2) is 9.13 Å². The van der Waals surface area contributed by atoms with E-state index in [4.69, 9.17) is 37.0 Å². The van der Waals surface area contributed by atoms with Crippen LogP contribution in [0.5, 0.6) is 0 Å². The predicted octanol–water partition coefficient (Wildman–Crippen LogP) is 23.2. The van der Waals surface area contributed by atoms with Crippen LogP contribution >= 0.6 is 15.6 Å². The van der Waals surface area contributed by atoms with E-state index >= 15 is 0 Å². The maximum absolute atomic E-state index is 13.1. The van der Waals surface area contributed by atoms with Crippen LogP contribution in [0.1, 0.15) is 297 Å². The van der Waals surface area contributed by atoms with E-state index in [1.54, 1.807) is 0 Å². The van der Waals surface area contributed by atoms with Crippen molar-refractivity contribution in [1.29, 1.82) is 0 Å². The number of allylic oxidation sites excluding steroid dienone is 26. The molecule has 0 spiro atoms. The van der Waals surface area contributed by atoms with E-state index in [-0.39, 0.29) is 25.7 Å². The third-order valence-electron chi connectivity index (χ3n) is 16.0. The molecule has 5 unspecified atom stereocenters. The Hall–Kier alpha value is -5.32. The summed E-state index contributed by atoms with van der Waals surface area (Å²) < 4.78 is 68.5. The topological polar surface area (TPSA) is 237 Å². The summed E-state index contributed by atoms with van der Waals surface area (Å²) in [4.78, 5) is 73.0. The third kappa shape index (κ3) is 74.9. The van der Waals surface area contributed by atoms with Gasteiger partial charge in [-0.3, -0.25) is 37.3 Å². The van der Waals surface area contributed by atoms with Gasteiger partial charge in [0, 0.05) is 25.7 Å². The van der Waals surface area contributed by atoms with E-state index in [1.165, 1.54) is 38.5 Å². The van der Waals surface area contributed by atoms with Crippen molar-refractivity contribution in [3.63, 3.8) is 0 Å². The zero-order valence-corrected chi connectivity index (χ0v) is 66.4. The van der Waals surface area contributed by atoms with Gasteiger partial charge < -0.3 is 33.8 Å². The smallest absolute Gasteiger partial charge is 0.462 e. The van der Waals surface area contributed by atoms with Gasteiger partial charge >= 0.3 is 39.5 Å². The molecule has 0 heterocycles. The molecule has 0 amide bonds. The number of phosphoric ester groups is 2. The van der Waals surface area contributed by atoms with Gasteiger partial charge in [-0.05, 0) is 154 Å². The number of hydrogen-bond acceptors (Lipinski definition) is 15. The molecule has 0 saturated carbocycles. The van der Waals surface area contributed by atoms with Crippen molar-refractivity contribution in [2.45, 2.75) is 316 Å². The van der Waals surface area contributed by atoms with Crippen molar-refractivity contribution in [3.8, 4) is 0 Å². The van der Waals surface area contributed by atoms with Crippen molar-refractivity contribution in [2.24, 2.45) is 0 Å². The normalized spacial score (nSPS) is 14.7. The molecular weight excluding hydrogens is 1350 g/mol. The zero-order chi connectivity index (χ0) is 76.0. The molecule has 0 aliphatic rings. The average molecular weight is 1500 g/mol. The zero-order valence-electron chi connectivity index (χ0n) is 64.6. The Morgan fingerprint density at radius 2 is 0.538 bits per heavy atom. The molecule has 0 aliphatic heterocycles. The van der Waals surface area contributed by atoms with Crippen molar-refractivity contribution >= 4 is 39.5 Å². The fourth-order valence-corrected chi connectivity index (χ4v) is 11.6. The number of rotatable bonds is 73. The highest BCUT2D eigenvalue weighted by Crippen LogP contribution is 2.45. The molecule has 0 fully saturated rings. The van der Waals surface area contributed by atoms with E-state index in [0.29, 0.717) is 32.1 Å². The minimum atomic E-state index is -5.00. The molecule has 0 rings (SSSR count). The molecule has 5 atom stereocenters. The van der Waals surface area contributed by atoms with Gasteiger partial charge in [0.25, 0.3) is 0 Å². The van der Waals surface area contributed by atoms with Crippen LogP contribution < -0.4 is 0 Å². The highest BCUT2D eigenvalue weighted by molar-refractivity contribution is 7.47. The molecule has 0 aromatic heterocycles. The van der Waals surface area contributed by atoms with Crippen molar-refractivity contribution < 1.29 is 80.2 Å². The summed E-state index contributed by atoms with van der Waals surface area (Å²) in [6.45, 7) is 4.43. The summed E-state index contributed by atoms with van der Waals surface area (Å²) in [7, 11) is -10.00. The Morgan fingerprint density at radius 3 is 0.875 bits per heavy atom. The number of hydrogen-bond donors (Lipinski definition) is 3. The van der Waals surface area contributed by atoms with E-state index in [1.807, 2.05) is 18.2 Å². The SMILES string of the molecule is CC/C=C\C/C=C\C/C=C\C/C=C\C/C=C\C/C=C\CCC(=O)OCC(COP(=O)(O)OCC(O)COP(=O)(O)OCC(COC(=O)CCCCCC/C=C\C/C=C\C/C=C\C/C=C\CC)OC(=O)CCCCCCC/C=C\C/C=C\CCC)OC(=O)CCCCCCC/C=C\CCCCCCCC. The summed E-state index contributed by atoms with van der Waals surface area (Å²) in [5, 5.41) is 10.6. The second kappa shape index (κ2) is 75.9. The average Bonchev–Trinajstić information content (AvgIpc) is 0.911. The maximum atomic E-state index is 13.1. The molecule has 0 saturated heterocycles. The second-order valence-corrected chi connectivity index (χ2v) is 28.8. The lowest BCUT2D eigenvalue weighted by molar-refractivity contribution is -0.161. The summed E-state index contributed by atoms with van der Waals surface area (Å²) >= 11 is 0. The van der Waals surface area contributed by atoms with E-state index in [9.17, 15) is 43.2 Å². The summed E-state index contributed by atoms with van der Waals surface area (Å²) in [5.74, 6) is -2.33. The standard InChI is InChI=1S/C85H140O17P2/c1-5-9-13-17-21-25-29-33-36-38-39-41-44-47-50-54-58-62-66-70-83(88)96-76-81(102-85(90)72-68-64-60-56-52-48-42-35-31-27-23-19-15-11-7-3)78-100-104(93,94)98-74-79(86)73-97-103(91,92)99-77-80(101-84(89)71-67-63-59-55-51-45-32-28-24-20-16-12-8-4)75-95-82(87)69-65-61-57-53-49-46-43-40-37-34-30-26-22-18-14-10-6-2/h9-10,13-14,16,20-22,25-26,28,32-37,39,41-43,46-47,50,58,62,79-81,86H,5-8,11-12,15,17-19,23-24,27,29-31,38,40,44-45,48-49,51-57,59-61,63-78H2,1-4H3,(H,91,92)(H,93,94)/b13-9-,14-10-,20-16-,25-21-,26-22-,32-28-,36-33-,37-34-,41-39-,42-35-,46-43-,50-47-,62-58-. The maximum Gasteiger partial charge on any atom is 0.472 e. The number of aliphatic hydroxyl groups excluding tert-OH is 1. The molecule has 0 aromatic rings. The lowest BCUT2D eigenvalue weighted by atomic mass is 10.1. The Bertz CT molecular complexity index is 2590. The Balaban J connectivity index is 5.46. The van der Waals surface area contributed by atoms with E-state index in [0.717, 1.165) is 173 Å². The summed E-state index contributed by atoms with van der Waals surface area (Å²) in [5.41, 5.74) is 0. The highest BCUT2D eigenvalue weighted by Gasteiger charge is 2.30. The van der Waals surface area contributed by atoms with Gasteiger partial charge in [-0.15, -0.1) is 0 Å². The van der Waals surface area contributed by atoms with Crippen LogP contribution in [0.3, 0.4) is 0 Å². The van der Waals surface area contributed by atoms with Crippen LogP contribution in [0.4, 0.5) is 0 Å². The fourth-order valence-electron chi connectivity index (χ4n) is 9.97. The van der Waals surface area contributed by atoms with Gasteiger partial charge in [-0.1, -0.05) is 276 Å². The summed E-state index contributed by atoms with van der Waals surface area (Å²) in [6, 6.07) is 0. The van der Waals surface area contributed by atoms with Crippen LogP contribution in [0.25, 0.3) is 0 Å². The molecule has 0 radical (unpaired) electrons. The molecule has 0 aromatic carbocycles. The molecule has 17 nitrogen and oxygen atoms in total. The minimum absolute atomic E-state index is 0.0299. The van der Waals surface area contributed by atoms with Crippen LogP contribution in [0.2, 0.25) is 0 Å². The number of unbranched alkanes of at least 4 members (excludes halogenated alkanes) is 21. The van der Waals surface area contributed by atoms with Crippen molar-refractivity contribution in [1.82, 2.24) is 0 Å². The number of aliphatic hydroxyl groups is 1. The number of carbonyl (C=O) groups excluding carboxylic acids is 4. The monoisotopic (exact) mass is 1490 g/mol. The van der Waals surface area contributed by atoms with Crippen LogP contribution in [0, 0.1) is 0 Å². The lowest BCUT2D eigenvalue weighted by Gasteiger charge is -2.21. The largest absolute Gasteiger partial charge is 0.472 e. The molecule has 0 bridgehead atoms. The first-order valence-corrected chi connectivity index (χ1v) is 42.7. The van der Waals surface area contributed by atoms with Crippen LogP contribution in [-0.4, -0.2) is 96.7 Å². The minimum Gasteiger partial charge on any atom is -0.462 e. The molecule has 104 heavy (non-hydrogen) atoms. The lowest BCUT2D eigenvalue weighted by Crippen LogP contribution is -2.30. The number of carbonyl (C=O) groups is 4. The van der Waals surface area contributed by atoms with Gasteiger partial charge in [-0.2, -0.15) is 0 Å². The molecule has 0 aliphatic carbocycles. The van der Waals surface area contributed by atoms with Gasteiger partial charge in [0.15, 0.2) is 12.2 Å². The van der Waals surface area contributed by atoms with E-state index in [2.05, 4.69) is 167 Å². The van der Waals surface area contributed by atoms with Gasteiger partial charge in [0.1, 0.15) is 19.3 Å². The third-order valence-corrected chi connectivity index (χ3v) is 17.9. The quantitative estimate of drug-likeness (QED) is 0.0169. The van der Waals surface area contributed by atoms with Crippen LogP contribution in [0.15, 0.2) is 158 Å². The number of esters is 4. The van der Waals surface area contributed by atoms with Crippen molar-refractivity contribution in [2.75, 3.05) is 39.6 Å². The Morgan fingerprint density at radius 1 is 0.279 bits per heavy atom. The Kier molecular flexibility index (Phi) is 72.0. The molecule has 3 N–H and O–H groups in total. The first kappa shape index (κ1) is 98.7. The summed E-state index contributed by atoms with van der Waals surface area (Å²) in [6.07, 6.45) is 88.1. The second-order valence-electron chi connectivity index (χ2n) is 25.9. The first-order chi connectivity index (χ1) is 50.7. The fraction of sp³-hybridized carbons (Fsp3) is 0.647. The molecular formula is C85H140O17P2. The Labute approximate surface area is 629 Å². The predicted molar refractivity (Wildman–Crippen MR) is 427 cm³/mol. The van der Waals surface area contributed by atoms with Crippen molar-refractivity contribution in [3.05, 3.63) is 158 Å². The molecule has 592 valence electrons. The number of ether oxygens (including phenoxy) is 4. The van der Waals surface area contributed by atoms with E-state index < -0.39 is 97.5 Å². The highest BCUT2D eigenvalue weighted by atomic mass is 31.2.